The van der Waals surface area contributed by atoms with E-state index in [-0.39, 0.29) is 18.1 Å². The third kappa shape index (κ3) is 4.46. The molecular weight excluding hydrogens is 452 g/mol. The molecule has 0 fully saturated rings. The maximum absolute atomic E-state index is 14.2. The van der Waals surface area contributed by atoms with Crippen molar-refractivity contribution in [2.45, 2.75) is 13.2 Å². The van der Waals surface area contributed by atoms with Crippen LogP contribution in [0.2, 0.25) is 0 Å². The standard InChI is InChI=1S/C27H19F2N3O3/c28-21-13-23-24(14-22(21)29)32(15-17-7-2-1-3-8-17)25(31-23)20-11-6-12-30-26(20)35-16-18-9-4-5-10-19(18)27(33)34/h1-14H,15-16H2,(H,33,34). The molecule has 5 aromatic rings. The van der Waals surface area contributed by atoms with E-state index in [2.05, 4.69) is 9.97 Å². The Morgan fingerprint density at radius 3 is 2.49 bits per heavy atom. The van der Waals surface area contributed by atoms with Crippen molar-refractivity contribution in [3.8, 4) is 17.3 Å². The number of nitrogens with zero attached hydrogens (tertiary/aromatic N) is 3. The molecule has 0 radical (unpaired) electrons. The van der Waals surface area contributed by atoms with Crippen LogP contribution in [0.3, 0.4) is 0 Å². The molecule has 0 aliphatic heterocycles. The summed E-state index contributed by atoms with van der Waals surface area (Å²) in [4.78, 5) is 20.5. The zero-order valence-corrected chi connectivity index (χ0v) is 18.4. The number of ether oxygens (including phenoxy) is 1. The Bertz CT molecular complexity index is 1530. The second kappa shape index (κ2) is 9.34. The number of fused-ring (bicyclic) bond motifs is 1. The summed E-state index contributed by atoms with van der Waals surface area (Å²) >= 11 is 0. The summed E-state index contributed by atoms with van der Waals surface area (Å²) in [6.45, 7) is 0.322. The highest BCUT2D eigenvalue weighted by Gasteiger charge is 2.20. The number of hydrogen-bond donors (Lipinski definition) is 1. The molecule has 5 rings (SSSR count). The van der Waals surface area contributed by atoms with Gasteiger partial charge in [-0.15, -0.1) is 0 Å². The second-order valence-electron chi connectivity index (χ2n) is 7.87. The predicted octanol–water partition coefficient (Wildman–Crippen LogP) is 5.70. The second-order valence-corrected chi connectivity index (χ2v) is 7.87. The average Bonchev–Trinajstić information content (AvgIpc) is 3.20. The molecule has 174 valence electrons. The lowest BCUT2D eigenvalue weighted by atomic mass is 10.1. The van der Waals surface area contributed by atoms with E-state index in [1.165, 1.54) is 6.07 Å². The largest absolute Gasteiger partial charge is 0.478 e. The van der Waals surface area contributed by atoms with Crippen molar-refractivity contribution in [2.24, 2.45) is 0 Å². The minimum atomic E-state index is -1.06. The highest BCUT2D eigenvalue weighted by atomic mass is 19.2. The number of benzene rings is 3. The monoisotopic (exact) mass is 471 g/mol. The molecule has 35 heavy (non-hydrogen) atoms. The maximum atomic E-state index is 14.2. The van der Waals surface area contributed by atoms with Gasteiger partial charge in [-0.1, -0.05) is 48.5 Å². The Morgan fingerprint density at radius 2 is 1.69 bits per heavy atom. The quantitative estimate of drug-likeness (QED) is 0.329. The smallest absolute Gasteiger partial charge is 0.336 e. The summed E-state index contributed by atoms with van der Waals surface area (Å²) in [7, 11) is 0. The summed E-state index contributed by atoms with van der Waals surface area (Å²) in [6.07, 6.45) is 1.55. The van der Waals surface area contributed by atoms with Crippen LogP contribution in [-0.4, -0.2) is 25.6 Å². The molecule has 1 N–H and O–H groups in total. The molecule has 6 nitrogen and oxygen atoms in total. The number of hydrogen-bond acceptors (Lipinski definition) is 4. The van der Waals surface area contributed by atoms with Crippen molar-refractivity contribution < 1.29 is 23.4 Å². The molecule has 0 unspecified atom stereocenters. The van der Waals surface area contributed by atoms with E-state index in [1.807, 2.05) is 30.3 Å². The number of pyridine rings is 1. The number of aromatic carboxylic acids is 1. The highest BCUT2D eigenvalue weighted by Crippen LogP contribution is 2.32. The Morgan fingerprint density at radius 1 is 0.943 bits per heavy atom. The molecule has 0 saturated carbocycles. The Kier molecular flexibility index (Phi) is 5.93. The lowest BCUT2D eigenvalue weighted by Crippen LogP contribution is -2.07. The first-order valence-corrected chi connectivity index (χ1v) is 10.8. The van der Waals surface area contributed by atoms with Gasteiger partial charge < -0.3 is 14.4 Å². The number of carboxylic acids is 1. The SMILES string of the molecule is O=C(O)c1ccccc1COc1ncccc1-c1nc2cc(F)c(F)cc2n1Cc1ccccc1. The van der Waals surface area contributed by atoms with Crippen LogP contribution in [0.1, 0.15) is 21.5 Å². The molecule has 3 aromatic carbocycles. The molecule has 0 saturated heterocycles. The molecule has 0 spiro atoms. The van der Waals surface area contributed by atoms with E-state index in [4.69, 9.17) is 4.74 Å². The Balaban J connectivity index is 1.59. The van der Waals surface area contributed by atoms with Gasteiger partial charge in [0.2, 0.25) is 5.88 Å². The fourth-order valence-electron chi connectivity index (χ4n) is 3.93. The first-order valence-electron chi connectivity index (χ1n) is 10.8. The molecule has 0 aliphatic carbocycles. The van der Waals surface area contributed by atoms with Gasteiger partial charge >= 0.3 is 5.97 Å². The molecule has 8 heteroatoms. The zero-order chi connectivity index (χ0) is 24.4. The fourth-order valence-corrected chi connectivity index (χ4v) is 3.93. The Labute approximate surface area is 199 Å². The molecule has 0 aliphatic rings. The van der Waals surface area contributed by atoms with Crippen LogP contribution in [0.15, 0.2) is 85.1 Å². The minimum Gasteiger partial charge on any atom is -0.478 e. The summed E-state index contributed by atoms with van der Waals surface area (Å²) in [5, 5.41) is 9.45. The van der Waals surface area contributed by atoms with Gasteiger partial charge in [-0.2, -0.15) is 0 Å². The van der Waals surface area contributed by atoms with E-state index in [9.17, 15) is 18.7 Å². The van der Waals surface area contributed by atoms with Crippen molar-refractivity contribution in [3.05, 3.63) is 113 Å². The van der Waals surface area contributed by atoms with E-state index in [1.54, 1.807) is 41.1 Å². The number of carbonyl (C=O) groups is 1. The first kappa shape index (κ1) is 22.2. The van der Waals surface area contributed by atoms with Gasteiger partial charge in [0.25, 0.3) is 0 Å². The van der Waals surface area contributed by atoms with Crippen LogP contribution in [-0.2, 0) is 13.2 Å². The lowest BCUT2D eigenvalue weighted by Gasteiger charge is -2.14. The van der Waals surface area contributed by atoms with E-state index in [0.717, 1.165) is 17.7 Å². The fraction of sp³-hybridized carbons (Fsp3) is 0.0741. The van der Waals surface area contributed by atoms with Gasteiger partial charge in [0.1, 0.15) is 12.4 Å². The van der Waals surface area contributed by atoms with E-state index >= 15 is 0 Å². The molecule has 0 atom stereocenters. The van der Waals surface area contributed by atoms with Crippen LogP contribution in [0.4, 0.5) is 8.78 Å². The number of carboxylic acid groups (broad SMARTS) is 1. The van der Waals surface area contributed by atoms with Gasteiger partial charge in [0.15, 0.2) is 11.6 Å². The lowest BCUT2D eigenvalue weighted by molar-refractivity contribution is 0.0694. The van der Waals surface area contributed by atoms with Gasteiger partial charge in [0, 0.05) is 30.4 Å². The highest BCUT2D eigenvalue weighted by molar-refractivity contribution is 5.89. The van der Waals surface area contributed by atoms with Crippen molar-refractivity contribution in [1.29, 1.82) is 0 Å². The van der Waals surface area contributed by atoms with Gasteiger partial charge in [-0.3, -0.25) is 0 Å². The predicted molar refractivity (Wildman–Crippen MR) is 126 cm³/mol. The molecule has 2 heterocycles. The van der Waals surface area contributed by atoms with Crippen LogP contribution in [0.5, 0.6) is 5.88 Å². The van der Waals surface area contributed by atoms with Crippen molar-refractivity contribution in [1.82, 2.24) is 14.5 Å². The third-order valence-corrected chi connectivity index (χ3v) is 5.60. The number of aromatic nitrogens is 3. The van der Waals surface area contributed by atoms with Crippen molar-refractivity contribution >= 4 is 17.0 Å². The van der Waals surface area contributed by atoms with Crippen LogP contribution >= 0.6 is 0 Å². The van der Waals surface area contributed by atoms with Crippen LogP contribution in [0, 0.1) is 11.6 Å². The topological polar surface area (TPSA) is 77.2 Å². The first-order chi connectivity index (χ1) is 17.0. The zero-order valence-electron chi connectivity index (χ0n) is 18.4. The third-order valence-electron chi connectivity index (χ3n) is 5.60. The molecule has 0 amide bonds. The number of halogens is 2. The van der Waals surface area contributed by atoms with Gasteiger partial charge in [-0.25, -0.2) is 23.5 Å². The maximum Gasteiger partial charge on any atom is 0.336 e. The van der Waals surface area contributed by atoms with Crippen molar-refractivity contribution in [3.63, 3.8) is 0 Å². The number of rotatable bonds is 7. The Hall–Kier alpha value is -4.59. The molecule has 2 aromatic heterocycles. The minimum absolute atomic E-state index is 0.0331. The summed E-state index contributed by atoms with van der Waals surface area (Å²) in [5.74, 6) is -2.37. The van der Waals surface area contributed by atoms with Crippen LogP contribution < -0.4 is 4.74 Å². The average molecular weight is 471 g/mol. The normalized spacial score (nSPS) is 11.0. The van der Waals surface area contributed by atoms with Gasteiger partial charge in [-0.05, 0) is 23.8 Å². The summed E-state index contributed by atoms with van der Waals surface area (Å²) in [5.41, 5.74) is 2.79. The van der Waals surface area contributed by atoms with Crippen molar-refractivity contribution in [2.75, 3.05) is 0 Å². The van der Waals surface area contributed by atoms with Crippen LogP contribution in [0.25, 0.3) is 22.4 Å². The number of imidazole rings is 1. The van der Waals surface area contributed by atoms with E-state index in [0.29, 0.717) is 34.5 Å². The molecule has 0 bridgehead atoms. The summed E-state index contributed by atoms with van der Waals surface area (Å²) in [6, 6.07) is 21.7. The van der Waals surface area contributed by atoms with Gasteiger partial charge in [0.05, 0.1) is 22.2 Å². The molecular formula is C27H19F2N3O3. The summed E-state index contributed by atoms with van der Waals surface area (Å²) < 4.78 is 35.9. The van der Waals surface area contributed by atoms with E-state index < -0.39 is 17.6 Å².